The van der Waals surface area contributed by atoms with E-state index in [1.54, 1.807) is 22.5 Å². The molecule has 2 N–H and O–H groups in total. The minimum Gasteiger partial charge on any atom is -0.349 e. The molecule has 1 atom stereocenters. The van der Waals surface area contributed by atoms with Gasteiger partial charge in [0.25, 0.3) is 5.91 Å². The molecular formula is C19H30ClN3O3S. The monoisotopic (exact) mass is 415 g/mol. The molecule has 2 aliphatic heterocycles. The zero-order valence-corrected chi connectivity index (χ0v) is 17.7. The molecule has 1 unspecified atom stereocenters. The van der Waals surface area contributed by atoms with Gasteiger partial charge in [0.1, 0.15) is 0 Å². The molecule has 0 spiro atoms. The van der Waals surface area contributed by atoms with Gasteiger partial charge in [-0.05, 0) is 70.3 Å². The van der Waals surface area contributed by atoms with Crippen LogP contribution in [0.15, 0.2) is 23.1 Å². The van der Waals surface area contributed by atoms with Crippen LogP contribution in [0.5, 0.6) is 0 Å². The number of nitrogens with zero attached hydrogens (tertiary/aromatic N) is 1. The lowest BCUT2D eigenvalue weighted by atomic mass is 10.0. The van der Waals surface area contributed by atoms with Gasteiger partial charge in [0.05, 0.1) is 4.90 Å². The molecule has 0 aliphatic carbocycles. The summed E-state index contributed by atoms with van der Waals surface area (Å²) >= 11 is 0. The molecule has 1 aromatic rings. The summed E-state index contributed by atoms with van der Waals surface area (Å²) in [6, 6.07) is 5.04. The highest BCUT2D eigenvalue weighted by molar-refractivity contribution is 7.89. The number of aryl methyl sites for hydroxylation is 1. The van der Waals surface area contributed by atoms with Crippen LogP contribution in [0.2, 0.25) is 0 Å². The molecule has 2 heterocycles. The average molecular weight is 416 g/mol. The van der Waals surface area contributed by atoms with Crippen molar-refractivity contribution in [2.75, 3.05) is 19.6 Å². The van der Waals surface area contributed by atoms with Crippen molar-refractivity contribution in [1.29, 1.82) is 0 Å². The SMILES string of the molecule is Cc1ccc(S(=O)(=O)N2CCCCC2C)cc1C(=O)NC1CCNCC1.Cl. The van der Waals surface area contributed by atoms with Crippen molar-refractivity contribution in [3.63, 3.8) is 0 Å². The lowest BCUT2D eigenvalue weighted by Gasteiger charge is -2.32. The summed E-state index contributed by atoms with van der Waals surface area (Å²) in [5, 5.41) is 6.33. The molecule has 0 aromatic heterocycles. The highest BCUT2D eigenvalue weighted by atomic mass is 35.5. The van der Waals surface area contributed by atoms with E-state index in [2.05, 4.69) is 10.6 Å². The summed E-state index contributed by atoms with van der Waals surface area (Å²) in [6.07, 6.45) is 4.62. The van der Waals surface area contributed by atoms with Gasteiger partial charge in [-0.15, -0.1) is 12.4 Å². The van der Waals surface area contributed by atoms with Crippen LogP contribution in [0.3, 0.4) is 0 Å². The zero-order valence-electron chi connectivity index (χ0n) is 16.0. The number of nitrogens with one attached hydrogen (secondary N) is 2. The minimum absolute atomic E-state index is 0. The third kappa shape index (κ3) is 5.02. The minimum atomic E-state index is -3.57. The third-order valence-electron chi connectivity index (χ3n) is 5.48. The Morgan fingerprint density at radius 1 is 1.19 bits per heavy atom. The quantitative estimate of drug-likeness (QED) is 0.791. The Labute approximate surface area is 168 Å². The highest BCUT2D eigenvalue weighted by Gasteiger charge is 2.31. The van der Waals surface area contributed by atoms with E-state index >= 15 is 0 Å². The van der Waals surface area contributed by atoms with Crippen LogP contribution in [0.4, 0.5) is 0 Å². The fourth-order valence-electron chi connectivity index (χ4n) is 3.80. The van der Waals surface area contributed by atoms with Crippen LogP contribution in [0.25, 0.3) is 0 Å². The first kappa shape index (κ1) is 22.1. The molecule has 6 nitrogen and oxygen atoms in total. The second-order valence-corrected chi connectivity index (χ2v) is 9.33. The molecule has 0 radical (unpaired) electrons. The lowest BCUT2D eigenvalue weighted by Crippen LogP contribution is -2.43. The molecule has 1 aromatic carbocycles. The topological polar surface area (TPSA) is 78.5 Å². The van der Waals surface area contributed by atoms with Crippen molar-refractivity contribution in [2.45, 2.75) is 62.9 Å². The predicted octanol–water partition coefficient (Wildman–Crippen LogP) is 2.46. The lowest BCUT2D eigenvalue weighted by molar-refractivity contribution is 0.0928. The first-order chi connectivity index (χ1) is 12.4. The van der Waals surface area contributed by atoms with Gasteiger partial charge in [-0.25, -0.2) is 8.42 Å². The number of halogens is 1. The first-order valence-electron chi connectivity index (χ1n) is 9.53. The van der Waals surface area contributed by atoms with E-state index in [4.69, 9.17) is 0 Å². The van der Waals surface area contributed by atoms with E-state index in [1.807, 2.05) is 13.8 Å². The molecule has 1 amide bonds. The van der Waals surface area contributed by atoms with E-state index in [1.165, 1.54) is 0 Å². The van der Waals surface area contributed by atoms with Gasteiger partial charge in [-0.1, -0.05) is 12.5 Å². The standard InChI is InChI=1S/C19H29N3O3S.ClH/c1-14-6-7-17(26(24,25)22-12-4-3-5-15(22)2)13-18(14)19(23)21-16-8-10-20-11-9-16;/h6-7,13,15-16,20H,3-5,8-12H2,1-2H3,(H,21,23);1H. The number of carbonyl (C=O) groups excluding carboxylic acids is 1. The van der Waals surface area contributed by atoms with Crippen LogP contribution in [-0.2, 0) is 10.0 Å². The molecule has 152 valence electrons. The summed E-state index contributed by atoms with van der Waals surface area (Å²) in [5.74, 6) is -0.182. The number of carbonyl (C=O) groups is 1. The number of hydrogen-bond acceptors (Lipinski definition) is 4. The van der Waals surface area contributed by atoms with Gasteiger partial charge in [-0.2, -0.15) is 4.31 Å². The van der Waals surface area contributed by atoms with Crippen molar-refractivity contribution < 1.29 is 13.2 Å². The molecule has 3 rings (SSSR count). The summed E-state index contributed by atoms with van der Waals surface area (Å²) < 4.78 is 27.7. The summed E-state index contributed by atoms with van der Waals surface area (Å²) in [7, 11) is -3.57. The largest absolute Gasteiger partial charge is 0.349 e. The van der Waals surface area contributed by atoms with Crippen molar-refractivity contribution in [2.24, 2.45) is 0 Å². The Kier molecular flexibility index (Phi) is 7.68. The second-order valence-electron chi connectivity index (χ2n) is 7.44. The third-order valence-corrected chi connectivity index (χ3v) is 7.49. The number of benzene rings is 1. The number of piperidine rings is 2. The maximum atomic E-state index is 13.1. The van der Waals surface area contributed by atoms with E-state index < -0.39 is 10.0 Å². The Balaban J connectivity index is 0.00000261. The van der Waals surface area contributed by atoms with Crippen molar-refractivity contribution in [3.8, 4) is 0 Å². The molecule has 2 fully saturated rings. The molecule has 0 saturated carbocycles. The van der Waals surface area contributed by atoms with Gasteiger partial charge in [0.15, 0.2) is 0 Å². The van der Waals surface area contributed by atoms with Crippen molar-refractivity contribution in [3.05, 3.63) is 29.3 Å². The number of hydrogen-bond donors (Lipinski definition) is 2. The van der Waals surface area contributed by atoms with Gasteiger partial charge in [0.2, 0.25) is 10.0 Å². The van der Waals surface area contributed by atoms with Gasteiger partial charge in [-0.3, -0.25) is 4.79 Å². The van der Waals surface area contributed by atoms with E-state index in [-0.39, 0.29) is 35.3 Å². The van der Waals surface area contributed by atoms with Gasteiger partial charge >= 0.3 is 0 Å². The van der Waals surface area contributed by atoms with Crippen molar-refractivity contribution in [1.82, 2.24) is 14.9 Å². The fraction of sp³-hybridized carbons (Fsp3) is 0.632. The highest BCUT2D eigenvalue weighted by Crippen LogP contribution is 2.26. The normalized spacial score (nSPS) is 22.1. The van der Waals surface area contributed by atoms with Crippen LogP contribution in [0.1, 0.15) is 54.9 Å². The molecule has 0 bridgehead atoms. The molecule has 8 heteroatoms. The maximum Gasteiger partial charge on any atom is 0.251 e. The number of amides is 1. The summed E-state index contributed by atoms with van der Waals surface area (Å²) in [5.41, 5.74) is 1.25. The zero-order chi connectivity index (χ0) is 18.7. The average Bonchev–Trinajstić information content (AvgIpc) is 2.63. The Hall–Kier alpha value is -1.15. The smallest absolute Gasteiger partial charge is 0.251 e. The van der Waals surface area contributed by atoms with Crippen LogP contribution < -0.4 is 10.6 Å². The Morgan fingerprint density at radius 3 is 2.56 bits per heavy atom. The molecule has 2 saturated heterocycles. The van der Waals surface area contributed by atoms with Crippen LogP contribution in [0, 0.1) is 6.92 Å². The second kappa shape index (κ2) is 9.37. The summed E-state index contributed by atoms with van der Waals surface area (Å²) in [4.78, 5) is 12.9. The van der Waals surface area contributed by atoms with E-state index in [0.717, 1.165) is 50.8 Å². The molecule has 27 heavy (non-hydrogen) atoms. The van der Waals surface area contributed by atoms with E-state index in [9.17, 15) is 13.2 Å². The van der Waals surface area contributed by atoms with Gasteiger partial charge in [0, 0.05) is 24.2 Å². The number of sulfonamides is 1. The first-order valence-corrected chi connectivity index (χ1v) is 11.0. The van der Waals surface area contributed by atoms with Crippen LogP contribution >= 0.6 is 12.4 Å². The van der Waals surface area contributed by atoms with Gasteiger partial charge < -0.3 is 10.6 Å². The number of rotatable bonds is 4. The fourth-order valence-corrected chi connectivity index (χ4v) is 5.53. The predicted molar refractivity (Wildman–Crippen MR) is 109 cm³/mol. The maximum absolute atomic E-state index is 13.1. The molecular weight excluding hydrogens is 386 g/mol. The van der Waals surface area contributed by atoms with Crippen LogP contribution in [-0.4, -0.2) is 50.3 Å². The summed E-state index contributed by atoms with van der Waals surface area (Å²) in [6.45, 7) is 6.14. The Bertz CT molecular complexity index is 763. The van der Waals surface area contributed by atoms with Crippen molar-refractivity contribution >= 4 is 28.3 Å². The van der Waals surface area contributed by atoms with E-state index in [0.29, 0.717) is 12.1 Å². The molecule has 2 aliphatic rings. The Morgan fingerprint density at radius 2 is 1.89 bits per heavy atom.